The van der Waals surface area contributed by atoms with Crippen molar-refractivity contribution in [3.05, 3.63) is 12.4 Å². The van der Waals surface area contributed by atoms with E-state index in [0.717, 1.165) is 12.8 Å². The second-order valence-corrected chi connectivity index (χ2v) is 6.21. The highest BCUT2D eigenvalue weighted by Gasteiger charge is 2.20. The van der Waals surface area contributed by atoms with E-state index < -0.39 is 10.0 Å². The second kappa shape index (κ2) is 6.31. The third kappa shape index (κ3) is 3.79. The number of nitrogens with one attached hydrogen (secondary N) is 1. The van der Waals surface area contributed by atoms with E-state index in [1.54, 1.807) is 7.05 Å². The quantitative estimate of drug-likeness (QED) is 0.756. The van der Waals surface area contributed by atoms with Crippen molar-refractivity contribution in [2.45, 2.75) is 37.6 Å². The topological polar surface area (TPSA) is 90.0 Å². The first-order chi connectivity index (χ1) is 8.40. The monoisotopic (exact) mass is 274 g/mol. The summed E-state index contributed by atoms with van der Waals surface area (Å²) in [5.74, 6) is 0.335. The summed E-state index contributed by atoms with van der Waals surface area (Å²) in [5, 5.41) is 3.84. The third-order valence-electron chi connectivity index (χ3n) is 3.15. The van der Waals surface area contributed by atoms with Crippen molar-refractivity contribution in [1.82, 2.24) is 14.5 Å². The molecule has 0 saturated heterocycles. The molecule has 1 aromatic rings. The van der Waals surface area contributed by atoms with Crippen LogP contribution in [-0.4, -0.2) is 30.8 Å². The zero-order valence-electron chi connectivity index (χ0n) is 11.1. The molecular weight excluding hydrogens is 252 g/mol. The van der Waals surface area contributed by atoms with Gasteiger partial charge < -0.3 is 5.73 Å². The molecule has 1 rings (SSSR count). The molecule has 0 saturated carbocycles. The SMILES string of the molecule is CCC(CC)C(N)CNS(=O)(=O)c1cnn(C)c1. The number of hydrogen-bond acceptors (Lipinski definition) is 4. The summed E-state index contributed by atoms with van der Waals surface area (Å²) in [6.07, 6.45) is 4.69. The van der Waals surface area contributed by atoms with Crippen LogP contribution in [-0.2, 0) is 17.1 Å². The number of aryl methyl sites for hydroxylation is 1. The molecule has 6 nitrogen and oxygen atoms in total. The molecule has 1 atom stereocenters. The van der Waals surface area contributed by atoms with E-state index in [2.05, 4.69) is 23.7 Å². The number of rotatable bonds is 7. The van der Waals surface area contributed by atoms with E-state index in [-0.39, 0.29) is 17.5 Å². The number of aromatic nitrogens is 2. The fourth-order valence-electron chi connectivity index (χ4n) is 1.89. The van der Waals surface area contributed by atoms with Crippen molar-refractivity contribution in [2.24, 2.45) is 18.7 Å². The minimum Gasteiger partial charge on any atom is -0.326 e. The van der Waals surface area contributed by atoms with Gasteiger partial charge in [-0.15, -0.1) is 0 Å². The lowest BCUT2D eigenvalue weighted by molar-refractivity contribution is 0.392. The Balaban J connectivity index is 2.62. The van der Waals surface area contributed by atoms with Gasteiger partial charge in [0.1, 0.15) is 4.90 Å². The van der Waals surface area contributed by atoms with E-state index in [1.165, 1.54) is 17.1 Å². The van der Waals surface area contributed by atoms with Crippen LogP contribution in [0.1, 0.15) is 26.7 Å². The minimum absolute atomic E-state index is 0.161. The Hall–Kier alpha value is -0.920. The predicted octanol–water partition coefficient (Wildman–Crippen LogP) is 0.462. The molecule has 0 fully saturated rings. The van der Waals surface area contributed by atoms with Crippen molar-refractivity contribution in [3.8, 4) is 0 Å². The standard InChI is InChI=1S/C11H22N4O2S/c1-4-9(5-2)11(12)7-14-18(16,17)10-6-13-15(3)8-10/h6,8-9,11,14H,4-5,7,12H2,1-3H3. The average Bonchev–Trinajstić information content (AvgIpc) is 2.76. The fourth-order valence-corrected chi connectivity index (χ4v) is 2.94. The van der Waals surface area contributed by atoms with Gasteiger partial charge in [-0.05, 0) is 5.92 Å². The number of nitrogens with two attached hydrogens (primary N) is 1. The van der Waals surface area contributed by atoms with Crippen LogP contribution in [0, 0.1) is 5.92 Å². The highest BCUT2D eigenvalue weighted by molar-refractivity contribution is 7.89. The summed E-state index contributed by atoms with van der Waals surface area (Å²) in [6.45, 7) is 4.37. The Bertz CT molecular complexity index is 465. The van der Waals surface area contributed by atoms with Crippen molar-refractivity contribution in [2.75, 3.05) is 6.54 Å². The molecule has 1 unspecified atom stereocenters. The zero-order valence-corrected chi connectivity index (χ0v) is 11.9. The Morgan fingerprint density at radius 1 is 1.44 bits per heavy atom. The van der Waals surface area contributed by atoms with Crippen LogP contribution in [0.2, 0.25) is 0 Å². The van der Waals surface area contributed by atoms with Gasteiger partial charge in [-0.25, -0.2) is 13.1 Å². The molecule has 0 spiro atoms. The van der Waals surface area contributed by atoms with Crippen LogP contribution < -0.4 is 10.5 Å². The van der Waals surface area contributed by atoms with Crippen LogP contribution >= 0.6 is 0 Å². The molecule has 0 aliphatic carbocycles. The normalized spacial score (nSPS) is 14.1. The van der Waals surface area contributed by atoms with Gasteiger partial charge in [0.15, 0.2) is 0 Å². The lowest BCUT2D eigenvalue weighted by Gasteiger charge is -2.21. The highest BCUT2D eigenvalue weighted by Crippen LogP contribution is 2.12. The number of sulfonamides is 1. The maximum Gasteiger partial charge on any atom is 0.243 e. The lowest BCUT2D eigenvalue weighted by Crippen LogP contribution is -2.41. The molecule has 1 aromatic heterocycles. The molecule has 0 amide bonds. The van der Waals surface area contributed by atoms with E-state index in [4.69, 9.17) is 5.73 Å². The largest absolute Gasteiger partial charge is 0.326 e. The molecule has 0 aliphatic heterocycles. The molecule has 104 valence electrons. The van der Waals surface area contributed by atoms with E-state index in [9.17, 15) is 8.42 Å². The van der Waals surface area contributed by atoms with Gasteiger partial charge in [-0.1, -0.05) is 26.7 Å². The van der Waals surface area contributed by atoms with E-state index >= 15 is 0 Å². The first-order valence-corrected chi connectivity index (χ1v) is 7.62. The summed E-state index contributed by atoms with van der Waals surface area (Å²) in [7, 11) is -1.82. The Morgan fingerprint density at radius 3 is 2.50 bits per heavy atom. The lowest BCUT2D eigenvalue weighted by atomic mass is 9.95. The zero-order chi connectivity index (χ0) is 13.8. The molecule has 0 radical (unpaired) electrons. The Morgan fingerprint density at radius 2 is 2.06 bits per heavy atom. The molecule has 3 N–H and O–H groups in total. The van der Waals surface area contributed by atoms with Gasteiger partial charge in [-0.2, -0.15) is 5.10 Å². The van der Waals surface area contributed by atoms with Crippen LogP contribution in [0.25, 0.3) is 0 Å². The first kappa shape index (κ1) is 15.1. The summed E-state index contributed by atoms with van der Waals surface area (Å²) < 4.78 is 27.8. The number of nitrogens with zero attached hydrogens (tertiary/aromatic N) is 2. The van der Waals surface area contributed by atoms with Crippen molar-refractivity contribution < 1.29 is 8.42 Å². The van der Waals surface area contributed by atoms with Crippen molar-refractivity contribution in [3.63, 3.8) is 0 Å². The first-order valence-electron chi connectivity index (χ1n) is 6.14. The van der Waals surface area contributed by atoms with Crippen LogP contribution in [0.3, 0.4) is 0 Å². The summed E-state index contributed by atoms with van der Waals surface area (Å²) in [5.41, 5.74) is 5.98. The molecule has 0 bridgehead atoms. The Labute approximate surface area is 109 Å². The summed E-state index contributed by atoms with van der Waals surface area (Å²) in [4.78, 5) is 0.168. The number of hydrogen-bond donors (Lipinski definition) is 2. The van der Waals surface area contributed by atoms with Crippen LogP contribution in [0.4, 0.5) is 0 Å². The predicted molar refractivity (Wildman–Crippen MR) is 70.4 cm³/mol. The molecule has 0 aromatic carbocycles. The van der Waals surface area contributed by atoms with Crippen LogP contribution in [0.15, 0.2) is 17.3 Å². The summed E-state index contributed by atoms with van der Waals surface area (Å²) in [6, 6.07) is -0.161. The smallest absolute Gasteiger partial charge is 0.243 e. The van der Waals surface area contributed by atoms with E-state index in [1.807, 2.05) is 0 Å². The van der Waals surface area contributed by atoms with Gasteiger partial charge in [0.05, 0.1) is 6.20 Å². The second-order valence-electron chi connectivity index (χ2n) is 4.44. The fraction of sp³-hybridized carbons (Fsp3) is 0.727. The maximum atomic E-state index is 11.9. The van der Waals surface area contributed by atoms with Crippen molar-refractivity contribution in [1.29, 1.82) is 0 Å². The minimum atomic E-state index is -3.50. The van der Waals surface area contributed by atoms with E-state index in [0.29, 0.717) is 5.92 Å². The van der Waals surface area contributed by atoms with Gasteiger partial charge in [0.25, 0.3) is 0 Å². The van der Waals surface area contributed by atoms with Gasteiger partial charge in [0, 0.05) is 25.8 Å². The molecular formula is C11H22N4O2S. The van der Waals surface area contributed by atoms with Gasteiger partial charge >= 0.3 is 0 Å². The van der Waals surface area contributed by atoms with Crippen molar-refractivity contribution >= 4 is 10.0 Å². The third-order valence-corrected chi connectivity index (χ3v) is 4.53. The van der Waals surface area contributed by atoms with Gasteiger partial charge in [-0.3, -0.25) is 4.68 Å². The molecule has 18 heavy (non-hydrogen) atoms. The molecule has 1 heterocycles. The van der Waals surface area contributed by atoms with Gasteiger partial charge in [0.2, 0.25) is 10.0 Å². The maximum absolute atomic E-state index is 11.9. The average molecular weight is 274 g/mol. The Kier molecular flexibility index (Phi) is 5.30. The van der Waals surface area contributed by atoms with Crippen LogP contribution in [0.5, 0.6) is 0 Å². The molecule has 7 heteroatoms. The molecule has 0 aliphatic rings. The highest BCUT2D eigenvalue weighted by atomic mass is 32.2. The summed E-state index contributed by atoms with van der Waals surface area (Å²) >= 11 is 0.